The van der Waals surface area contributed by atoms with Crippen molar-refractivity contribution >= 4 is 35.1 Å². The maximum atomic E-state index is 14.0. The van der Waals surface area contributed by atoms with Gasteiger partial charge in [-0.15, -0.1) is 0 Å². The van der Waals surface area contributed by atoms with E-state index in [-0.39, 0.29) is 41.2 Å². The number of likely N-dealkylation sites (tertiary alicyclic amines) is 1. The van der Waals surface area contributed by atoms with Crippen LogP contribution < -0.4 is 15.5 Å². The highest BCUT2D eigenvalue weighted by Gasteiger charge is 2.50. The molecule has 2 amide bonds. The number of benzene rings is 1. The van der Waals surface area contributed by atoms with Crippen molar-refractivity contribution in [2.24, 2.45) is 0 Å². The average molecular weight is 551 g/mol. The van der Waals surface area contributed by atoms with Gasteiger partial charge >= 0.3 is 6.18 Å². The van der Waals surface area contributed by atoms with Crippen LogP contribution in [0, 0.1) is 0 Å². The Morgan fingerprint density at radius 3 is 2.42 bits per heavy atom. The summed E-state index contributed by atoms with van der Waals surface area (Å²) in [7, 11) is 0. The number of piperazine rings is 1. The lowest BCUT2D eigenvalue weighted by atomic mass is 9.91. The van der Waals surface area contributed by atoms with Gasteiger partial charge in [0.1, 0.15) is 18.0 Å². The summed E-state index contributed by atoms with van der Waals surface area (Å²) in [5.74, 6) is -3.02. The van der Waals surface area contributed by atoms with E-state index in [2.05, 4.69) is 20.6 Å². The van der Waals surface area contributed by atoms with Crippen LogP contribution in [-0.2, 0) is 9.59 Å². The number of alkyl halides is 3. The van der Waals surface area contributed by atoms with Crippen molar-refractivity contribution in [3.63, 3.8) is 0 Å². The van der Waals surface area contributed by atoms with E-state index in [4.69, 9.17) is 11.6 Å². The smallest absolute Gasteiger partial charge is 0.347 e. The van der Waals surface area contributed by atoms with Crippen molar-refractivity contribution in [1.82, 2.24) is 20.2 Å². The number of amides is 2. The second-order valence-corrected chi connectivity index (χ2v) is 10.9. The van der Waals surface area contributed by atoms with E-state index in [1.54, 1.807) is 12.1 Å². The van der Waals surface area contributed by atoms with Crippen LogP contribution in [0.2, 0.25) is 5.02 Å². The van der Waals surface area contributed by atoms with Gasteiger partial charge in [0, 0.05) is 49.2 Å². The van der Waals surface area contributed by atoms with Crippen LogP contribution in [0.25, 0.3) is 0 Å². The zero-order valence-electron chi connectivity index (χ0n) is 21.1. The van der Waals surface area contributed by atoms with E-state index in [0.717, 1.165) is 18.4 Å². The maximum absolute atomic E-state index is 14.0. The third-order valence-electron chi connectivity index (χ3n) is 7.59. The summed E-state index contributed by atoms with van der Waals surface area (Å²) in [6.45, 7) is 5.24. The molecule has 0 saturated carbocycles. The first-order chi connectivity index (χ1) is 18.0. The fourth-order valence-corrected chi connectivity index (χ4v) is 5.93. The number of hydrogen-bond donors (Lipinski definition) is 2. The van der Waals surface area contributed by atoms with E-state index >= 15 is 0 Å². The van der Waals surface area contributed by atoms with Gasteiger partial charge in [-0.2, -0.15) is 13.2 Å². The number of nitrogens with zero attached hydrogens (tertiary/aromatic N) is 4. The van der Waals surface area contributed by atoms with Gasteiger partial charge in [-0.3, -0.25) is 9.59 Å². The molecule has 0 aliphatic carbocycles. The Morgan fingerprint density at radius 2 is 1.82 bits per heavy atom. The molecule has 3 aliphatic heterocycles. The monoisotopic (exact) mass is 550 g/mol. The first-order valence-corrected chi connectivity index (χ1v) is 13.2. The zero-order valence-corrected chi connectivity index (χ0v) is 21.9. The van der Waals surface area contributed by atoms with Crippen LogP contribution in [-0.4, -0.2) is 70.6 Å². The summed E-state index contributed by atoms with van der Waals surface area (Å²) < 4.78 is 42.0. The second-order valence-electron chi connectivity index (χ2n) is 10.5. The quantitative estimate of drug-likeness (QED) is 0.563. The van der Waals surface area contributed by atoms with Gasteiger partial charge in [-0.25, -0.2) is 9.97 Å². The summed E-state index contributed by atoms with van der Waals surface area (Å²) in [5.41, 5.74) is 0.771. The van der Waals surface area contributed by atoms with Gasteiger partial charge in [-0.05, 0) is 30.5 Å². The molecule has 8 nitrogen and oxygen atoms in total. The normalized spacial score (nSPS) is 23.9. The molecule has 2 aromatic rings. The molecule has 1 aromatic carbocycles. The minimum absolute atomic E-state index is 0.0258. The van der Waals surface area contributed by atoms with Gasteiger partial charge in [0.2, 0.25) is 11.8 Å². The lowest BCUT2D eigenvalue weighted by molar-refractivity contribution is -0.156. The number of hydrogen-bond acceptors (Lipinski definition) is 6. The predicted molar refractivity (Wildman–Crippen MR) is 137 cm³/mol. The van der Waals surface area contributed by atoms with Crippen LogP contribution in [0.5, 0.6) is 0 Å². The highest BCUT2D eigenvalue weighted by atomic mass is 35.5. The molecule has 204 valence electrons. The predicted octanol–water partition coefficient (Wildman–Crippen LogP) is 4.08. The largest absolute Gasteiger partial charge is 0.396 e. The van der Waals surface area contributed by atoms with Crippen LogP contribution in [0.4, 0.5) is 24.8 Å². The third-order valence-corrected chi connectivity index (χ3v) is 7.84. The molecule has 0 spiro atoms. The highest BCUT2D eigenvalue weighted by Crippen LogP contribution is 2.48. The van der Waals surface area contributed by atoms with Crippen LogP contribution in [0.15, 0.2) is 30.6 Å². The fourth-order valence-electron chi connectivity index (χ4n) is 5.81. The van der Waals surface area contributed by atoms with Crippen molar-refractivity contribution in [2.45, 2.75) is 69.2 Å². The number of carbonyl (C=O) groups excluding carboxylic acids is 2. The number of carbonyl (C=O) groups is 2. The summed E-state index contributed by atoms with van der Waals surface area (Å²) in [6.07, 6.45) is -2.66. The standard InChI is InChI=1S/C26H30ClF3N6O2/c1-14(2)31-10-19(15-3-5-16(27)6-4-15)25(38)35-11-17-7-8-18(12-35)36(17)24-22-20(26(28,29)30)9-21(37)34-23(22)32-13-33-24/h3-6,13-14,17-20,31H,7-12H2,1-2H3,(H,32,33,34,37)/t17?,18?,19-,20-/m1/s1. The second kappa shape index (κ2) is 10.3. The summed E-state index contributed by atoms with van der Waals surface area (Å²) in [5, 5.41) is 6.43. The van der Waals surface area contributed by atoms with Gasteiger partial charge in [0.25, 0.3) is 0 Å². The number of halogens is 4. The van der Waals surface area contributed by atoms with E-state index in [1.807, 2.05) is 35.8 Å². The third kappa shape index (κ3) is 5.18. The minimum Gasteiger partial charge on any atom is -0.347 e. The number of aromatic nitrogens is 2. The van der Waals surface area contributed by atoms with Crippen molar-refractivity contribution in [3.8, 4) is 0 Å². The van der Waals surface area contributed by atoms with E-state index in [0.29, 0.717) is 24.7 Å². The van der Waals surface area contributed by atoms with Crippen molar-refractivity contribution < 1.29 is 22.8 Å². The SMILES string of the molecule is CC(C)NC[C@@H](C(=O)N1CC2CCC(C1)N2c1ncnc2c1[C@H](C(F)(F)F)CC(=O)N2)c1ccc(Cl)cc1. The highest BCUT2D eigenvalue weighted by molar-refractivity contribution is 6.30. The van der Waals surface area contributed by atoms with Crippen molar-refractivity contribution in [1.29, 1.82) is 0 Å². The lowest BCUT2D eigenvalue weighted by Crippen LogP contribution is -2.57. The Bertz CT molecular complexity index is 1190. The Labute approximate surface area is 223 Å². The topological polar surface area (TPSA) is 90.5 Å². The number of rotatable bonds is 6. The first kappa shape index (κ1) is 26.7. The van der Waals surface area contributed by atoms with Gasteiger partial charge in [0.15, 0.2) is 0 Å². The molecule has 2 unspecified atom stereocenters. The molecule has 2 fully saturated rings. The van der Waals surface area contributed by atoms with Gasteiger partial charge in [-0.1, -0.05) is 37.6 Å². The fraction of sp³-hybridized carbons (Fsp3) is 0.538. The zero-order chi connectivity index (χ0) is 27.2. The molecule has 4 heterocycles. The van der Waals surface area contributed by atoms with Crippen LogP contribution >= 0.6 is 11.6 Å². The summed E-state index contributed by atoms with van der Waals surface area (Å²) in [4.78, 5) is 37.8. The Balaban J connectivity index is 1.42. The van der Waals surface area contributed by atoms with Crippen LogP contribution in [0.3, 0.4) is 0 Å². The van der Waals surface area contributed by atoms with E-state index < -0.39 is 30.3 Å². The molecule has 3 aliphatic rings. The Hall–Kier alpha value is -2.92. The molecule has 2 N–H and O–H groups in total. The lowest BCUT2D eigenvalue weighted by Gasteiger charge is -2.44. The molecule has 2 bridgehead atoms. The van der Waals surface area contributed by atoms with Gasteiger partial charge in [0.05, 0.1) is 17.4 Å². The number of nitrogens with one attached hydrogen (secondary N) is 2. The minimum atomic E-state index is -4.61. The molecular formula is C26H30ClF3N6O2. The van der Waals surface area contributed by atoms with Crippen molar-refractivity contribution in [2.75, 3.05) is 29.9 Å². The van der Waals surface area contributed by atoms with Crippen molar-refractivity contribution in [3.05, 3.63) is 46.7 Å². The first-order valence-electron chi connectivity index (χ1n) is 12.8. The summed E-state index contributed by atoms with van der Waals surface area (Å²) >= 11 is 6.07. The average Bonchev–Trinajstić information content (AvgIpc) is 3.11. The summed E-state index contributed by atoms with van der Waals surface area (Å²) in [6, 6.07) is 7.06. The van der Waals surface area contributed by atoms with E-state index in [1.165, 1.54) is 6.33 Å². The molecule has 0 radical (unpaired) electrons. The molecule has 38 heavy (non-hydrogen) atoms. The maximum Gasteiger partial charge on any atom is 0.396 e. The number of fused-ring (bicyclic) bond motifs is 3. The molecule has 12 heteroatoms. The molecule has 5 rings (SSSR count). The van der Waals surface area contributed by atoms with Gasteiger partial charge < -0.3 is 20.4 Å². The molecule has 1 aromatic heterocycles. The molecule has 4 atom stereocenters. The van der Waals surface area contributed by atoms with Crippen LogP contribution in [0.1, 0.15) is 56.1 Å². The molecule has 2 saturated heterocycles. The number of anilines is 2. The Morgan fingerprint density at radius 1 is 1.16 bits per heavy atom. The van der Waals surface area contributed by atoms with E-state index in [9.17, 15) is 22.8 Å². The molecular weight excluding hydrogens is 521 g/mol. The Kier molecular flexibility index (Phi) is 7.25.